The predicted molar refractivity (Wildman–Crippen MR) is 141 cm³/mol. The van der Waals surface area contributed by atoms with Crippen LogP contribution in [0.3, 0.4) is 0 Å². The minimum Gasteiger partial charge on any atom is -0.369 e. The van der Waals surface area contributed by atoms with E-state index in [1.54, 1.807) is 0 Å². The molecular formula is C29H35N5O2. The molecule has 1 aliphatic heterocycles. The van der Waals surface area contributed by atoms with E-state index in [2.05, 4.69) is 22.3 Å². The number of carbonyl (C=O) groups is 2. The SMILES string of the molecule is NC(=O)C1CCN(CCc2ccc(NC(=O)c3nn(-c4ccccc4)c4c3CCCCC4)cc2)CC1. The number of rotatable bonds is 7. The number of hydrogen-bond acceptors (Lipinski definition) is 4. The average molecular weight is 486 g/mol. The number of hydrogen-bond donors (Lipinski definition) is 2. The van der Waals surface area contributed by atoms with Crippen LogP contribution in [0.25, 0.3) is 5.69 Å². The standard InChI is InChI=1S/C29H35N5O2/c30-28(35)22-16-19-33(20-17-22)18-15-21-11-13-23(14-12-21)31-29(36)27-25-9-5-2-6-10-26(25)34(32-27)24-7-3-1-4-8-24/h1,3-4,7-8,11-14,22H,2,5-6,9-10,15-20H2,(H2,30,35)(H,31,36). The summed E-state index contributed by atoms with van der Waals surface area (Å²) in [7, 11) is 0. The molecule has 7 nitrogen and oxygen atoms in total. The van der Waals surface area contributed by atoms with Gasteiger partial charge in [-0.05, 0) is 87.9 Å². The van der Waals surface area contributed by atoms with Crippen molar-refractivity contribution in [1.82, 2.24) is 14.7 Å². The van der Waals surface area contributed by atoms with Crippen LogP contribution in [0.4, 0.5) is 5.69 Å². The third-order valence-corrected chi connectivity index (χ3v) is 7.56. The van der Waals surface area contributed by atoms with Crippen molar-refractivity contribution >= 4 is 17.5 Å². The van der Waals surface area contributed by atoms with Crippen molar-refractivity contribution in [3.63, 3.8) is 0 Å². The van der Waals surface area contributed by atoms with Crippen molar-refractivity contribution in [3.8, 4) is 5.69 Å². The zero-order valence-electron chi connectivity index (χ0n) is 20.8. The van der Waals surface area contributed by atoms with E-state index in [4.69, 9.17) is 10.8 Å². The van der Waals surface area contributed by atoms with Crippen LogP contribution in [-0.4, -0.2) is 46.1 Å². The molecule has 1 aliphatic carbocycles. The lowest BCUT2D eigenvalue weighted by molar-refractivity contribution is -0.123. The maximum Gasteiger partial charge on any atom is 0.276 e. The second-order valence-electron chi connectivity index (χ2n) is 10.0. The molecule has 0 radical (unpaired) electrons. The van der Waals surface area contributed by atoms with Crippen LogP contribution in [0.2, 0.25) is 0 Å². The van der Waals surface area contributed by atoms with Gasteiger partial charge in [-0.3, -0.25) is 9.59 Å². The summed E-state index contributed by atoms with van der Waals surface area (Å²) in [5.74, 6) is -0.290. The van der Waals surface area contributed by atoms with E-state index >= 15 is 0 Å². The summed E-state index contributed by atoms with van der Waals surface area (Å²) in [4.78, 5) is 27.1. The second kappa shape index (κ2) is 11.1. The fourth-order valence-corrected chi connectivity index (χ4v) is 5.41. The van der Waals surface area contributed by atoms with Crippen LogP contribution >= 0.6 is 0 Å². The Morgan fingerprint density at radius 2 is 1.67 bits per heavy atom. The van der Waals surface area contributed by atoms with Crippen LogP contribution in [0.5, 0.6) is 0 Å². The van der Waals surface area contributed by atoms with Crippen molar-refractivity contribution < 1.29 is 9.59 Å². The number of anilines is 1. The van der Waals surface area contributed by atoms with Crippen molar-refractivity contribution in [3.05, 3.63) is 77.1 Å². The highest BCUT2D eigenvalue weighted by molar-refractivity contribution is 6.04. The highest BCUT2D eigenvalue weighted by Gasteiger charge is 2.25. The van der Waals surface area contributed by atoms with E-state index in [1.807, 2.05) is 47.1 Å². The summed E-state index contributed by atoms with van der Waals surface area (Å²) in [5, 5.41) is 7.86. The van der Waals surface area contributed by atoms with Gasteiger partial charge >= 0.3 is 0 Å². The van der Waals surface area contributed by atoms with Crippen LogP contribution in [0, 0.1) is 5.92 Å². The molecule has 0 spiro atoms. The molecule has 36 heavy (non-hydrogen) atoms. The Labute approximate surface area is 212 Å². The van der Waals surface area contributed by atoms with Gasteiger partial charge in [0.25, 0.3) is 5.91 Å². The Bertz CT molecular complexity index is 1190. The van der Waals surface area contributed by atoms with Crippen molar-refractivity contribution in [1.29, 1.82) is 0 Å². The summed E-state index contributed by atoms with van der Waals surface area (Å²) >= 11 is 0. The molecule has 2 amide bonds. The molecule has 7 heteroatoms. The Balaban J connectivity index is 1.23. The molecule has 3 N–H and O–H groups in total. The van der Waals surface area contributed by atoms with Crippen LogP contribution in [0.1, 0.15) is 59.4 Å². The molecule has 2 heterocycles. The first-order valence-electron chi connectivity index (χ1n) is 13.2. The minimum absolute atomic E-state index is 0.0261. The first-order valence-corrected chi connectivity index (χ1v) is 13.2. The number of nitrogens with one attached hydrogen (secondary N) is 1. The number of benzene rings is 2. The van der Waals surface area contributed by atoms with E-state index in [1.165, 1.54) is 17.7 Å². The van der Waals surface area contributed by atoms with Crippen molar-refractivity contribution in [2.75, 3.05) is 25.0 Å². The van der Waals surface area contributed by atoms with Gasteiger partial charge in [0.1, 0.15) is 0 Å². The minimum atomic E-state index is -0.171. The van der Waals surface area contributed by atoms with Gasteiger partial charge < -0.3 is 16.0 Å². The molecule has 188 valence electrons. The molecule has 2 aromatic carbocycles. The molecule has 0 bridgehead atoms. The quantitative estimate of drug-likeness (QED) is 0.492. The highest BCUT2D eigenvalue weighted by atomic mass is 16.2. The van der Waals surface area contributed by atoms with Gasteiger partial charge in [0, 0.05) is 29.4 Å². The van der Waals surface area contributed by atoms with Gasteiger partial charge in [-0.2, -0.15) is 5.10 Å². The summed E-state index contributed by atoms with van der Waals surface area (Å²) in [6.45, 7) is 2.80. The molecule has 5 rings (SSSR count). The van der Waals surface area contributed by atoms with Crippen LogP contribution < -0.4 is 11.1 Å². The number of amides is 2. The molecule has 0 atom stereocenters. The van der Waals surface area contributed by atoms with E-state index in [0.29, 0.717) is 5.69 Å². The molecule has 1 saturated heterocycles. The molecule has 1 aromatic heterocycles. The normalized spacial score (nSPS) is 16.8. The third kappa shape index (κ3) is 5.51. The molecular weight excluding hydrogens is 450 g/mol. The van der Waals surface area contributed by atoms with Crippen LogP contribution in [0.15, 0.2) is 54.6 Å². The van der Waals surface area contributed by atoms with Crippen LogP contribution in [-0.2, 0) is 24.1 Å². The molecule has 0 unspecified atom stereocenters. The maximum atomic E-state index is 13.3. The first-order chi connectivity index (χ1) is 17.6. The number of para-hydroxylation sites is 1. The van der Waals surface area contributed by atoms with Crippen molar-refractivity contribution in [2.45, 2.75) is 51.4 Å². The average Bonchev–Trinajstić information content (AvgIpc) is 3.10. The Kier molecular flexibility index (Phi) is 7.47. The number of carbonyl (C=O) groups excluding carboxylic acids is 2. The number of fused-ring (bicyclic) bond motifs is 1. The number of nitrogens with two attached hydrogens (primary N) is 1. The summed E-state index contributed by atoms with van der Waals surface area (Å²) in [5.41, 5.74) is 11.2. The summed E-state index contributed by atoms with van der Waals surface area (Å²) in [6, 6.07) is 18.2. The number of nitrogens with zero attached hydrogens (tertiary/aromatic N) is 3. The van der Waals surface area contributed by atoms with E-state index in [9.17, 15) is 9.59 Å². The van der Waals surface area contributed by atoms with Gasteiger partial charge in [0.2, 0.25) is 5.91 Å². The van der Waals surface area contributed by atoms with Gasteiger partial charge in [-0.1, -0.05) is 36.8 Å². The highest BCUT2D eigenvalue weighted by Crippen LogP contribution is 2.27. The lowest BCUT2D eigenvalue weighted by atomic mass is 9.96. The maximum absolute atomic E-state index is 13.3. The summed E-state index contributed by atoms with van der Waals surface area (Å²) in [6.07, 6.45) is 7.85. The van der Waals surface area contributed by atoms with Crippen molar-refractivity contribution in [2.24, 2.45) is 11.7 Å². The van der Waals surface area contributed by atoms with E-state index < -0.39 is 0 Å². The Hall–Kier alpha value is -3.45. The molecule has 3 aromatic rings. The topological polar surface area (TPSA) is 93.2 Å². The third-order valence-electron chi connectivity index (χ3n) is 7.56. The monoisotopic (exact) mass is 485 g/mol. The zero-order valence-corrected chi connectivity index (χ0v) is 20.8. The Morgan fingerprint density at radius 1 is 0.944 bits per heavy atom. The van der Waals surface area contributed by atoms with Gasteiger partial charge in [-0.25, -0.2) is 4.68 Å². The largest absolute Gasteiger partial charge is 0.369 e. The second-order valence-corrected chi connectivity index (χ2v) is 10.0. The fourth-order valence-electron chi connectivity index (χ4n) is 5.41. The van der Waals surface area contributed by atoms with E-state index in [-0.39, 0.29) is 17.7 Å². The van der Waals surface area contributed by atoms with Gasteiger partial charge in [0.15, 0.2) is 5.69 Å². The molecule has 2 aliphatic rings. The smallest absolute Gasteiger partial charge is 0.276 e. The van der Waals surface area contributed by atoms with Gasteiger partial charge in [0.05, 0.1) is 5.69 Å². The zero-order chi connectivity index (χ0) is 24.9. The number of primary amides is 1. The van der Waals surface area contributed by atoms with E-state index in [0.717, 1.165) is 81.5 Å². The number of likely N-dealkylation sites (tertiary alicyclic amines) is 1. The molecule has 1 fully saturated rings. The fraction of sp³-hybridized carbons (Fsp3) is 0.414. The predicted octanol–water partition coefficient (Wildman–Crippen LogP) is 4.13. The first kappa shape index (κ1) is 24.3. The number of aromatic nitrogens is 2. The number of piperidine rings is 1. The lowest BCUT2D eigenvalue weighted by Gasteiger charge is -2.30. The molecule has 0 saturated carbocycles. The Morgan fingerprint density at radius 3 is 2.39 bits per heavy atom. The van der Waals surface area contributed by atoms with Gasteiger partial charge in [-0.15, -0.1) is 0 Å². The summed E-state index contributed by atoms with van der Waals surface area (Å²) < 4.78 is 1.96. The lowest BCUT2D eigenvalue weighted by Crippen LogP contribution is -2.39.